The predicted octanol–water partition coefficient (Wildman–Crippen LogP) is 6.53. The fourth-order valence-electron chi connectivity index (χ4n) is 3.22. The van der Waals surface area contributed by atoms with Gasteiger partial charge in [-0.1, -0.05) is 91.0 Å². The quantitative estimate of drug-likeness (QED) is 0.295. The van der Waals surface area contributed by atoms with Crippen molar-refractivity contribution < 1.29 is 31.1 Å². The normalized spacial score (nSPS) is 12.9. The number of alkyl halides is 6. The lowest BCUT2D eigenvalue weighted by atomic mass is 9.80. The van der Waals surface area contributed by atoms with Crippen LogP contribution in [0.2, 0.25) is 0 Å². The van der Waals surface area contributed by atoms with Crippen LogP contribution in [0.15, 0.2) is 91.0 Å². The summed E-state index contributed by atoms with van der Waals surface area (Å²) in [6, 6.07) is 24.6. The molecule has 0 bridgehead atoms. The summed E-state index contributed by atoms with van der Waals surface area (Å²) >= 11 is 0. The van der Waals surface area contributed by atoms with E-state index in [0.717, 1.165) is 0 Å². The minimum atomic E-state index is -5.54. The molecule has 0 fully saturated rings. The highest BCUT2D eigenvalue weighted by Gasteiger charge is 2.63. The summed E-state index contributed by atoms with van der Waals surface area (Å²) in [7, 11) is 0. The van der Waals surface area contributed by atoms with Gasteiger partial charge in [0.05, 0.1) is 0 Å². The molecule has 0 unspecified atom stereocenters. The fourth-order valence-corrected chi connectivity index (χ4v) is 3.22. The van der Waals surface area contributed by atoms with Gasteiger partial charge in [0.25, 0.3) is 0 Å². The first-order valence-electron chi connectivity index (χ1n) is 9.06. The van der Waals surface area contributed by atoms with Gasteiger partial charge in [-0.15, -0.1) is 0 Å². The topological polar surface area (TPSA) is 9.23 Å². The molecule has 3 aromatic carbocycles. The Bertz CT molecular complexity index is 833. The zero-order valence-corrected chi connectivity index (χ0v) is 15.6. The number of hydrogen-bond acceptors (Lipinski definition) is 1. The van der Waals surface area contributed by atoms with E-state index in [1.54, 1.807) is 91.0 Å². The van der Waals surface area contributed by atoms with Gasteiger partial charge in [0.15, 0.2) is 0 Å². The standard InChI is InChI=1S/C23H18F6O/c24-20(25)23(28,29)21(26,27)16-30-22(17-10-4-1-5-11-17,18-12-6-2-7-13-18)19-14-8-3-9-15-19/h1-15,20H,16H2. The van der Waals surface area contributed by atoms with E-state index < -0.39 is 30.5 Å². The van der Waals surface area contributed by atoms with E-state index in [9.17, 15) is 26.3 Å². The van der Waals surface area contributed by atoms with Crippen LogP contribution in [0.4, 0.5) is 26.3 Å². The van der Waals surface area contributed by atoms with Crippen molar-refractivity contribution >= 4 is 0 Å². The number of halogens is 6. The number of hydrogen-bond donors (Lipinski definition) is 0. The molecule has 3 aromatic rings. The third-order valence-corrected chi connectivity index (χ3v) is 4.77. The maximum absolute atomic E-state index is 14.2. The lowest BCUT2D eigenvalue weighted by Crippen LogP contribution is -2.51. The van der Waals surface area contributed by atoms with Crippen molar-refractivity contribution in [2.75, 3.05) is 6.61 Å². The summed E-state index contributed by atoms with van der Waals surface area (Å²) in [6.07, 6.45) is -4.53. The highest BCUT2D eigenvalue weighted by molar-refractivity contribution is 5.47. The van der Waals surface area contributed by atoms with E-state index in [-0.39, 0.29) is 0 Å². The van der Waals surface area contributed by atoms with Gasteiger partial charge in [-0.2, -0.15) is 17.6 Å². The van der Waals surface area contributed by atoms with Crippen LogP contribution in [0.25, 0.3) is 0 Å². The van der Waals surface area contributed by atoms with Gasteiger partial charge in [0.1, 0.15) is 12.2 Å². The van der Waals surface area contributed by atoms with E-state index in [2.05, 4.69) is 0 Å². The Morgan fingerprint density at radius 1 is 0.600 bits per heavy atom. The summed E-state index contributed by atoms with van der Waals surface area (Å²) in [4.78, 5) is 0. The molecule has 0 heterocycles. The second-order valence-electron chi connectivity index (χ2n) is 6.70. The van der Waals surface area contributed by atoms with Crippen LogP contribution in [-0.2, 0) is 10.3 Å². The van der Waals surface area contributed by atoms with Crippen LogP contribution in [0.5, 0.6) is 0 Å². The van der Waals surface area contributed by atoms with Crippen molar-refractivity contribution in [2.24, 2.45) is 0 Å². The van der Waals surface area contributed by atoms with Crippen molar-refractivity contribution in [3.63, 3.8) is 0 Å². The van der Waals surface area contributed by atoms with E-state index >= 15 is 0 Å². The van der Waals surface area contributed by atoms with Crippen LogP contribution in [0.3, 0.4) is 0 Å². The minimum Gasteiger partial charge on any atom is -0.354 e. The Morgan fingerprint density at radius 2 is 0.933 bits per heavy atom. The Labute approximate surface area is 169 Å². The molecule has 1 nitrogen and oxygen atoms in total. The van der Waals surface area contributed by atoms with Crippen molar-refractivity contribution in [2.45, 2.75) is 23.9 Å². The van der Waals surface area contributed by atoms with Gasteiger partial charge in [0.2, 0.25) is 0 Å². The molecular formula is C23H18F6O. The van der Waals surface area contributed by atoms with Crippen molar-refractivity contribution in [1.29, 1.82) is 0 Å². The Morgan fingerprint density at radius 3 is 1.23 bits per heavy atom. The Kier molecular flexibility index (Phi) is 6.22. The molecule has 0 spiro atoms. The SMILES string of the molecule is FC(F)C(F)(F)C(F)(F)COC(c1ccccc1)(c1ccccc1)c1ccccc1. The third-order valence-electron chi connectivity index (χ3n) is 4.77. The summed E-state index contributed by atoms with van der Waals surface area (Å²) in [5, 5.41) is 0. The smallest absolute Gasteiger partial charge is 0.354 e. The maximum atomic E-state index is 14.2. The fraction of sp³-hybridized carbons (Fsp3) is 0.217. The highest BCUT2D eigenvalue weighted by atomic mass is 19.3. The molecule has 0 saturated carbocycles. The first-order chi connectivity index (χ1) is 14.2. The maximum Gasteiger partial charge on any atom is 0.371 e. The molecule has 0 N–H and O–H groups in total. The molecule has 0 radical (unpaired) electrons. The molecule has 0 aliphatic rings. The molecule has 0 aliphatic carbocycles. The average molecular weight is 424 g/mol. The molecule has 30 heavy (non-hydrogen) atoms. The Hall–Kier alpha value is -2.80. The molecule has 7 heteroatoms. The summed E-state index contributed by atoms with van der Waals surface area (Å²) in [6.45, 7) is -1.91. The van der Waals surface area contributed by atoms with Crippen LogP contribution in [-0.4, -0.2) is 24.9 Å². The van der Waals surface area contributed by atoms with Crippen molar-refractivity contribution in [3.05, 3.63) is 108 Å². The summed E-state index contributed by atoms with van der Waals surface area (Å²) in [5.41, 5.74) is -0.554. The molecule has 0 amide bonds. The van der Waals surface area contributed by atoms with E-state index in [1.165, 1.54) is 0 Å². The van der Waals surface area contributed by atoms with Crippen LogP contribution in [0.1, 0.15) is 16.7 Å². The summed E-state index contributed by atoms with van der Waals surface area (Å²) < 4.78 is 86.2. The molecule has 0 aromatic heterocycles. The second kappa shape index (κ2) is 8.52. The largest absolute Gasteiger partial charge is 0.371 e. The highest BCUT2D eigenvalue weighted by Crippen LogP contribution is 2.45. The minimum absolute atomic E-state index is 0.388. The molecule has 0 aliphatic heterocycles. The zero-order chi connectivity index (χ0) is 21.8. The van der Waals surface area contributed by atoms with Gasteiger partial charge >= 0.3 is 18.3 Å². The lowest BCUT2D eigenvalue weighted by molar-refractivity contribution is -0.285. The van der Waals surface area contributed by atoms with E-state index in [0.29, 0.717) is 16.7 Å². The van der Waals surface area contributed by atoms with Crippen LogP contribution >= 0.6 is 0 Å². The lowest BCUT2D eigenvalue weighted by Gasteiger charge is -2.38. The Balaban J connectivity index is 2.17. The van der Waals surface area contributed by atoms with Gasteiger partial charge in [0, 0.05) is 0 Å². The van der Waals surface area contributed by atoms with E-state index in [4.69, 9.17) is 4.74 Å². The van der Waals surface area contributed by atoms with E-state index in [1.807, 2.05) is 0 Å². The van der Waals surface area contributed by atoms with Crippen LogP contribution < -0.4 is 0 Å². The molecular weight excluding hydrogens is 406 g/mol. The molecule has 0 saturated heterocycles. The summed E-state index contributed by atoms with van der Waals surface area (Å²) in [5.74, 6) is -10.6. The third kappa shape index (κ3) is 3.94. The van der Waals surface area contributed by atoms with Crippen molar-refractivity contribution in [1.82, 2.24) is 0 Å². The number of benzene rings is 3. The average Bonchev–Trinajstić information content (AvgIpc) is 2.76. The van der Waals surface area contributed by atoms with Gasteiger partial charge in [-0.25, -0.2) is 8.78 Å². The van der Waals surface area contributed by atoms with Crippen molar-refractivity contribution in [3.8, 4) is 0 Å². The molecule has 0 atom stereocenters. The monoisotopic (exact) mass is 424 g/mol. The second-order valence-corrected chi connectivity index (χ2v) is 6.70. The first kappa shape index (κ1) is 21.9. The van der Waals surface area contributed by atoms with Crippen LogP contribution in [0, 0.1) is 0 Å². The van der Waals surface area contributed by atoms with Gasteiger partial charge in [-0.05, 0) is 16.7 Å². The molecule has 158 valence electrons. The molecule has 3 rings (SSSR count). The van der Waals surface area contributed by atoms with Gasteiger partial charge in [-0.3, -0.25) is 0 Å². The number of rotatable bonds is 8. The van der Waals surface area contributed by atoms with Gasteiger partial charge < -0.3 is 4.74 Å². The predicted molar refractivity (Wildman–Crippen MR) is 101 cm³/mol. The first-order valence-corrected chi connectivity index (χ1v) is 9.06. The zero-order valence-electron chi connectivity index (χ0n) is 15.6. The number of ether oxygens (including phenoxy) is 1.